The minimum absolute atomic E-state index is 0.0878. The van der Waals surface area contributed by atoms with E-state index in [1.54, 1.807) is 0 Å². The molecule has 7 nitrogen and oxygen atoms in total. The van der Waals surface area contributed by atoms with Gasteiger partial charge in [0.25, 0.3) is 0 Å². The van der Waals surface area contributed by atoms with Crippen LogP contribution < -0.4 is 5.32 Å². The van der Waals surface area contributed by atoms with Crippen LogP contribution in [0.3, 0.4) is 0 Å². The van der Waals surface area contributed by atoms with Gasteiger partial charge in [-0.2, -0.15) is 5.10 Å². The van der Waals surface area contributed by atoms with Crippen molar-refractivity contribution in [1.82, 2.24) is 25.4 Å². The molecule has 1 aliphatic heterocycles. The van der Waals surface area contributed by atoms with Gasteiger partial charge < -0.3 is 10.2 Å². The van der Waals surface area contributed by atoms with Crippen LogP contribution in [0.5, 0.6) is 0 Å². The number of nitrogens with zero attached hydrogens (tertiary/aromatic N) is 3. The Bertz CT molecular complexity index is 827. The molecule has 0 bridgehead atoms. The van der Waals surface area contributed by atoms with E-state index in [4.69, 9.17) is 0 Å². The number of amides is 2. The van der Waals surface area contributed by atoms with Crippen LogP contribution in [0.2, 0.25) is 0 Å². The van der Waals surface area contributed by atoms with Crippen LogP contribution in [0.4, 0.5) is 0 Å². The minimum Gasteiger partial charge on any atom is -0.351 e. The molecule has 2 fully saturated rings. The molecule has 26 heavy (non-hydrogen) atoms. The number of benzene rings is 1. The third-order valence-electron chi connectivity index (χ3n) is 5.40. The van der Waals surface area contributed by atoms with Crippen molar-refractivity contribution >= 4 is 11.8 Å². The Morgan fingerprint density at radius 3 is 2.62 bits per heavy atom. The predicted octanol–water partition coefficient (Wildman–Crippen LogP) is 1.70. The second kappa shape index (κ2) is 6.23. The number of aromatic amines is 1. The lowest BCUT2D eigenvalue weighted by Gasteiger charge is -2.20. The van der Waals surface area contributed by atoms with Crippen molar-refractivity contribution in [3.05, 3.63) is 36.2 Å². The van der Waals surface area contributed by atoms with E-state index in [1.807, 2.05) is 42.2 Å². The van der Waals surface area contributed by atoms with Crippen LogP contribution in [0.1, 0.15) is 38.4 Å². The molecule has 1 saturated carbocycles. The molecule has 2 heterocycles. The van der Waals surface area contributed by atoms with Crippen molar-refractivity contribution in [3.63, 3.8) is 0 Å². The van der Waals surface area contributed by atoms with Crippen LogP contribution >= 0.6 is 0 Å². The van der Waals surface area contributed by atoms with Crippen molar-refractivity contribution in [2.24, 2.45) is 5.41 Å². The monoisotopic (exact) mass is 353 g/mol. The molecule has 1 aliphatic carbocycles. The van der Waals surface area contributed by atoms with Gasteiger partial charge >= 0.3 is 0 Å². The summed E-state index contributed by atoms with van der Waals surface area (Å²) < 4.78 is 0. The highest BCUT2D eigenvalue weighted by atomic mass is 16.2. The SMILES string of the molecule is CC(=O)N[C@@H]1CN(C(=O)C2(C)CC2)C[C@H]1c1nc(-c2ccccc2)n[nH]1. The van der Waals surface area contributed by atoms with E-state index in [9.17, 15) is 9.59 Å². The Labute approximate surface area is 152 Å². The first-order chi connectivity index (χ1) is 12.5. The lowest BCUT2D eigenvalue weighted by molar-refractivity contribution is -0.135. The van der Waals surface area contributed by atoms with Gasteiger partial charge in [0.2, 0.25) is 11.8 Å². The number of likely N-dealkylation sites (tertiary alicyclic amines) is 1. The van der Waals surface area contributed by atoms with Gasteiger partial charge in [-0.05, 0) is 12.8 Å². The largest absolute Gasteiger partial charge is 0.351 e. The zero-order valence-corrected chi connectivity index (χ0v) is 15.0. The summed E-state index contributed by atoms with van der Waals surface area (Å²) >= 11 is 0. The topological polar surface area (TPSA) is 91.0 Å². The fourth-order valence-corrected chi connectivity index (χ4v) is 3.59. The molecular formula is C19H23N5O2. The number of carbonyl (C=O) groups excluding carboxylic acids is 2. The van der Waals surface area contributed by atoms with Gasteiger partial charge in [0.1, 0.15) is 5.82 Å². The molecule has 7 heteroatoms. The summed E-state index contributed by atoms with van der Waals surface area (Å²) in [4.78, 5) is 30.9. The summed E-state index contributed by atoms with van der Waals surface area (Å²) in [7, 11) is 0. The van der Waals surface area contributed by atoms with E-state index in [-0.39, 0.29) is 29.2 Å². The maximum Gasteiger partial charge on any atom is 0.228 e. The Morgan fingerprint density at radius 2 is 1.96 bits per heavy atom. The lowest BCUT2D eigenvalue weighted by atomic mass is 10.0. The molecule has 0 radical (unpaired) electrons. The molecule has 1 aromatic carbocycles. The molecule has 4 rings (SSSR count). The molecule has 2 aliphatic rings. The maximum atomic E-state index is 12.7. The Kier molecular flexibility index (Phi) is 4.01. The summed E-state index contributed by atoms with van der Waals surface area (Å²) in [6.45, 7) is 4.57. The maximum absolute atomic E-state index is 12.7. The molecule has 2 amide bonds. The Balaban J connectivity index is 1.57. The van der Waals surface area contributed by atoms with Crippen LogP contribution in [0.25, 0.3) is 11.4 Å². The highest BCUT2D eigenvalue weighted by Crippen LogP contribution is 2.47. The smallest absolute Gasteiger partial charge is 0.228 e. The van der Waals surface area contributed by atoms with Crippen molar-refractivity contribution in [3.8, 4) is 11.4 Å². The first-order valence-electron chi connectivity index (χ1n) is 9.00. The fraction of sp³-hybridized carbons (Fsp3) is 0.474. The lowest BCUT2D eigenvalue weighted by Crippen LogP contribution is -2.40. The van der Waals surface area contributed by atoms with Crippen molar-refractivity contribution in [1.29, 1.82) is 0 Å². The summed E-state index contributed by atoms with van der Waals surface area (Å²) in [5.41, 5.74) is 0.717. The van der Waals surface area contributed by atoms with Crippen LogP contribution in [0, 0.1) is 5.41 Å². The quantitative estimate of drug-likeness (QED) is 0.875. The average Bonchev–Trinajstić information content (AvgIpc) is 3.05. The minimum atomic E-state index is -0.216. The van der Waals surface area contributed by atoms with E-state index >= 15 is 0 Å². The number of hydrogen-bond donors (Lipinski definition) is 2. The highest BCUT2D eigenvalue weighted by molar-refractivity contribution is 5.85. The van der Waals surface area contributed by atoms with Crippen LogP contribution in [-0.4, -0.2) is 51.0 Å². The van der Waals surface area contributed by atoms with E-state index in [0.717, 1.165) is 18.4 Å². The summed E-state index contributed by atoms with van der Waals surface area (Å²) in [6.07, 6.45) is 1.89. The summed E-state index contributed by atoms with van der Waals surface area (Å²) in [5.74, 6) is 1.32. The fourth-order valence-electron chi connectivity index (χ4n) is 3.59. The van der Waals surface area contributed by atoms with Gasteiger partial charge in [0, 0.05) is 31.0 Å². The zero-order chi connectivity index (χ0) is 18.3. The van der Waals surface area contributed by atoms with Gasteiger partial charge in [-0.3, -0.25) is 14.7 Å². The second-order valence-corrected chi connectivity index (χ2v) is 7.59. The molecule has 136 valence electrons. The molecule has 0 unspecified atom stereocenters. The number of aromatic nitrogens is 3. The van der Waals surface area contributed by atoms with Gasteiger partial charge in [-0.25, -0.2) is 4.98 Å². The number of H-pyrrole nitrogens is 1. The zero-order valence-electron chi connectivity index (χ0n) is 15.0. The van der Waals surface area contributed by atoms with Crippen molar-refractivity contribution in [2.45, 2.75) is 38.6 Å². The van der Waals surface area contributed by atoms with Crippen molar-refractivity contribution < 1.29 is 9.59 Å². The first-order valence-corrected chi connectivity index (χ1v) is 9.00. The van der Waals surface area contributed by atoms with E-state index in [0.29, 0.717) is 24.7 Å². The number of hydrogen-bond acceptors (Lipinski definition) is 4. The van der Waals surface area contributed by atoms with E-state index < -0.39 is 0 Å². The van der Waals surface area contributed by atoms with Crippen LogP contribution in [0.15, 0.2) is 30.3 Å². The highest BCUT2D eigenvalue weighted by Gasteiger charge is 2.50. The van der Waals surface area contributed by atoms with Gasteiger partial charge in [0.05, 0.1) is 12.0 Å². The van der Waals surface area contributed by atoms with Crippen molar-refractivity contribution in [2.75, 3.05) is 13.1 Å². The Morgan fingerprint density at radius 1 is 1.23 bits per heavy atom. The third kappa shape index (κ3) is 3.09. The third-order valence-corrected chi connectivity index (χ3v) is 5.40. The standard InChI is InChI=1S/C19H23N5O2/c1-12(25)20-15-11-24(18(26)19(2)8-9-19)10-14(15)17-21-16(22-23-17)13-6-4-3-5-7-13/h3-7,14-15H,8-11H2,1-2H3,(H,20,25)(H,21,22,23)/t14-,15-/m1/s1. The van der Waals surface area contributed by atoms with Gasteiger partial charge in [0.15, 0.2) is 5.82 Å². The number of nitrogens with one attached hydrogen (secondary N) is 2. The van der Waals surface area contributed by atoms with E-state index in [2.05, 4.69) is 20.5 Å². The van der Waals surface area contributed by atoms with E-state index in [1.165, 1.54) is 6.92 Å². The molecule has 0 spiro atoms. The molecule has 1 saturated heterocycles. The molecule has 2 atom stereocenters. The normalized spacial score (nSPS) is 23.7. The predicted molar refractivity (Wildman–Crippen MR) is 96.1 cm³/mol. The second-order valence-electron chi connectivity index (χ2n) is 7.59. The molecule has 1 aromatic heterocycles. The van der Waals surface area contributed by atoms with Crippen LogP contribution in [-0.2, 0) is 9.59 Å². The molecule has 2 aromatic rings. The van der Waals surface area contributed by atoms with Gasteiger partial charge in [-0.1, -0.05) is 37.3 Å². The van der Waals surface area contributed by atoms with Gasteiger partial charge in [-0.15, -0.1) is 0 Å². The molecule has 2 N–H and O–H groups in total. The number of carbonyl (C=O) groups is 2. The summed E-state index contributed by atoms with van der Waals surface area (Å²) in [6, 6.07) is 9.58. The Hall–Kier alpha value is -2.70. The molecular weight excluding hydrogens is 330 g/mol. The average molecular weight is 353 g/mol. The number of rotatable bonds is 4. The summed E-state index contributed by atoms with van der Waals surface area (Å²) in [5, 5.41) is 10.3. The first kappa shape index (κ1) is 16.8.